The van der Waals surface area contributed by atoms with Gasteiger partial charge in [-0.25, -0.2) is 8.42 Å². The van der Waals surface area contributed by atoms with Crippen LogP contribution in [0.5, 0.6) is 0 Å². The summed E-state index contributed by atoms with van der Waals surface area (Å²) < 4.78 is 23.8. The molecule has 1 atom stereocenters. The van der Waals surface area contributed by atoms with Gasteiger partial charge in [0.15, 0.2) is 9.84 Å². The van der Waals surface area contributed by atoms with Gasteiger partial charge in [-0.3, -0.25) is 4.90 Å². The van der Waals surface area contributed by atoms with Gasteiger partial charge >= 0.3 is 0 Å². The fourth-order valence-electron chi connectivity index (χ4n) is 2.42. The molecule has 5 heteroatoms. The maximum Gasteiger partial charge on any atom is 0.156 e. The molecule has 0 aliphatic carbocycles. The molecule has 0 amide bonds. The third kappa shape index (κ3) is 4.43. The zero-order chi connectivity index (χ0) is 14.9. The van der Waals surface area contributed by atoms with Crippen LogP contribution in [0.2, 0.25) is 0 Å². The zero-order valence-corrected chi connectivity index (χ0v) is 14.1. The van der Waals surface area contributed by atoms with Crippen molar-refractivity contribution in [3.63, 3.8) is 0 Å². The standard InChI is InChI=1S/C14H30N2O2S/c1-7-12-10-15-14(5,6)11-16(12)8-9-19(17,18)13(2,3)4/h12,15H,7-11H2,1-6H3. The molecule has 0 aromatic rings. The van der Waals surface area contributed by atoms with E-state index >= 15 is 0 Å². The molecule has 0 aromatic heterocycles. The predicted octanol–water partition coefficient (Wildman–Crippen LogP) is 1.66. The molecular weight excluding hydrogens is 260 g/mol. The van der Waals surface area contributed by atoms with E-state index < -0.39 is 14.6 Å². The van der Waals surface area contributed by atoms with Gasteiger partial charge in [-0.2, -0.15) is 0 Å². The SMILES string of the molecule is CCC1CNC(C)(C)CN1CCS(=O)(=O)C(C)(C)C. The molecule has 114 valence electrons. The van der Waals surface area contributed by atoms with Gasteiger partial charge in [-0.05, 0) is 41.0 Å². The minimum Gasteiger partial charge on any atom is -0.309 e. The lowest BCUT2D eigenvalue weighted by Gasteiger charge is -2.44. The maximum absolute atomic E-state index is 12.2. The van der Waals surface area contributed by atoms with Crippen molar-refractivity contribution in [3.05, 3.63) is 0 Å². The van der Waals surface area contributed by atoms with Crippen LogP contribution in [-0.4, -0.2) is 55.0 Å². The molecule has 0 radical (unpaired) electrons. The predicted molar refractivity (Wildman–Crippen MR) is 81.3 cm³/mol. The van der Waals surface area contributed by atoms with Gasteiger partial charge in [0, 0.05) is 31.2 Å². The van der Waals surface area contributed by atoms with Crippen LogP contribution in [0.1, 0.15) is 48.0 Å². The number of nitrogens with zero attached hydrogens (tertiary/aromatic N) is 1. The molecule has 19 heavy (non-hydrogen) atoms. The Labute approximate surface area is 118 Å². The van der Waals surface area contributed by atoms with E-state index in [0.29, 0.717) is 12.6 Å². The van der Waals surface area contributed by atoms with E-state index in [0.717, 1.165) is 19.5 Å². The fourth-order valence-corrected chi connectivity index (χ4v) is 3.51. The lowest BCUT2D eigenvalue weighted by molar-refractivity contribution is 0.0990. The van der Waals surface area contributed by atoms with Crippen molar-refractivity contribution < 1.29 is 8.42 Å². The van der Waals surface area contributed by atoms with Crippen molar-refractivity contribution in [1.82, 2.24) is 10.2 Å². The highest BCUT2D eigenvalue weighted by molar-refractivity contribution is 7.92. The lowest BCUT2D eigenvalue weighted by atomic mass is 9.98. The Morgan fingerprint density at radius 1 is 1.32 bits per heavy atom. The van der Waals surface area contributed by atoms with E-state index in [9.17, 15) is 8.42 Å². The average Bonchev–Trinajstić information content (AvgIpc) is 2.24. The van der Waals surface area contributed by atoms with Crippen LogP contribution >= 0.6 is 0 Å². The molecule has 1 aliphatic heterocycles. The summed E-state index contributed by atoms with van der Waals surface area (Å²) in [6, 6.07) is 0.447. The molecule has 4 nitrogen and oxygen atoms in total. The maximum atomic E-state index is 12.2. The summed E-state index contributed by atoms with van der Waals surface area (Å²) in [5, 5.41) is 3.53. The second-order valence-corrected chi connectivity index (χ2v) is 10.1. The Balaban J connectivity index is 2.69. The molecule has 1 unspecified atom stereocenters. The van der Waals surface area contributed by atoms with E-state index in [-0.39, 0.29) is 11.3 Å². The monoisotopic (exact) mass is 290 g/mol. The topological polar surface area (TPSA) is 49.4 Å². The van der Waals surface area contributed by atoms with Crippen LogP contribution in [0.4, 0.5) is 0 Å². The number of nitrogens with one attached hydrogen (secondary N) is 1. The molecule has 0 bridgehead atoms. The van der Waals surface area contributed by atoms with Crippen LogP contribution < -0.4 is 5.32 Å². The molecule has 0 spiro atoms. The Morgan fingerprint density at radius 3 is 2.37 bits per heavy atom. The first-order valence-corrected chi connectivity index (χ1v) is 8.85. The number of rotatable bonds is 4. The Bertz CT molecular complexity index is 396. The van der Waals surface area contributed by atoms with Crippen molar-refractivity contribution in [1.29, 1.82) is 0 Å². The van der Waals surface area contributed by atoms with E-state index in [1.807, 2.05) is 0 Å². The zero-order valence-electron chi connectivity index (χ0n) is 13.3. The Kier molecular flexibility index (Phi) is 5.08. The van der Waals surface area contributed by atoms with Crippen molar-refractivity contribution >= 4 is 9.84 Å². The molecule has 1 aliphatic rings. The quantitative estimate of drug-likeness (QED) is 0.855. The van der Waals surface area contributed by atoms with Crippen LogP contribution in [-0.2, 0) is 9.84 Å². The number of hydrogen-bond acceptors (Lipinski definition) is 4. The van der Waals surface area contributed by atoms with Gasteiger partial charge in [0.05, 0.1) is 10.5 Å². The number of hydrogen-bond donors (Lipinski definition) is 1. The molecule has 1 N–H and O–H groups in total. The van der Waals surface area contributed by atoms with Crippen LogP contribution in [0, 0.1) is 0 Å². The molecule has 0 aromatic carbocycles. The van der Waals surface area contributed by atoms with Gasteiger partial charge in [-0.15, -0.1) is 0 Å². The normalized spacial score (nSPS) is 25.5. The van der Waals surface area contributed by atoms with E-state index in [4.69, 9.17) is 0 Å². The van der Waals surface area contributed by atoms with E-state index in [1.165, 1.54) is 0 Å². The molecular formula is C14H30N2O2S. The minimum atomic E-state index is -3.03. The van der Waals surface area contributed by atoms with Crippen molar-refractivity contribution in [2.24, 2.45) is 0 Å². The summed E-state index contributed by atoms with van der Waals surface area (Å²) in [5.74, 6) is 0.253. The van der Waals surface area contributed by atoms with E-state index in [1.54, 1.807) is 20.8 Å². The summed E-state index contributed by atoms with van der Waals surface area (Å²) in [4.78, 5) is 2.33. The van der Waals surface area contributed by atoms with Crippen LogP contribution in [0.3, 0.4) is 0 Å². The Hall–Kier alpha value is -0.130. The smallest absolute Gasteiger partial charge is 0.156 e. The third-order valence-corrected chi connectivity index (χ3v) is 6.57. The summed E-state index contributed by atoms with van der Waals surface area (Å²) in [6.07, 6.45) is 1.05. The average molecular weight is 290 g/mol. The van der Waals surface area contributed by atoms with Gasteiger partial charge in [-0.1, -0.05) is 6.92 Å². The molecule has 1 saturated heterocycles. The number of sulfone groups is 1. The number of piperazine rings is 1. The first-order chi connectivity index (χ1) is 8.48. The van der Waals surface area contributed by atoms with Crippen molar-refractivity contribution in [2.45, 2.75) is 64.3 Å². The Morgan fingerprint density at radius 2 is 1.89 bits per heavy atom. The summed E-state index contributed by atoms with van der Waals surface area (Å²) >= 11 is 0. The van der Waals surface area contributed by atoms with Gasteiger partial charge < -0.3 is 5.32 Å². The highest BCUT2D eigenvalue weighted by atomic mass is 32.2. The van der Waals surface area contributed by atoms with Gasteiger partial charge in [0.1, 0.15) is 0 Å². The lowest BCUT2D eigenvalue weighted by Crippen LogP contribution is -2.62. The van der Waals surface area contributed by atoms with Crippen molar-refractivity contribution in [2.75, 3.05) is 25.4 Å². The highest BCUT2D eigenvalue weighted by Gasteiger charge is 2.34. The van der Waals surface area contributed by atoms with Gasteiger partial charge in [0.25, 0.3) is 0 Å². The molecule has 1 fully saturated rings. The summed E-state index contributed by atoms with van der Waals surface area (Å²) in [5.41, 5.74) is 0.0666. The minimum absolute atomic E-state index is 0.0666. The van der Waals surface area contributed by atoms with Gasteiger partial charge in [0.2, 0.25) is 0 Å². The summed E-state index contributed by atoms with van der Waals surface area (Å²) in [7, 11) is -3.03. The fraction of sp³-hybridized carbons (Fsp3) is 1.00. The third-order valence-electron chi connectivity index (χ3n) is 3.98. The summed E-state index contributed by atoms with van der Waals surface area (Å²) in [6.45, 7) is 14.3. The second kappa shape index (κ2) is 5.70. The second-order valence-electron chi connectivity index (χ2n) is 7.23. The highest BCUT2D eigenvalue weighted by Crippen LogP contribution is 2.20. The molecule has 1 heterocycles. The first-order valence-electron chi connectivity index (χ1n) is 7.20. The largest absolute Gasteiger partial charge is 0.309 e. The van der Waals surface area contributed by atoms with Crippen LogP contribution in [0.25, 0.3) is 0 Å². The molecule has 1 rings (SSSR count). The van der Waals surface area contributed by atoms with Crippen LogP contribution in [0.15, 0.2) is 0 Å². The van der Waals surface area contributed by atoms with E-state index in [2.05, 4.69) is 31.0 Å². The first kappa shape index (κ1) is 16.9. The molecule has 0 saturated carbocycles. The van der Waals surface area contributed by atoms with Crippen molar-refractivity contribution in [3.8, 4) is 0 Å².